The van der Waals surface area contributed by atoms with Gasteiger partial charge in [-0.2, -0.15) is 0 Å². The van der Waals surface area contributed by atoms with Gasteiger partial charge in [-0.3, -0.25) is 10.1 Å². The number of hydrogen-bond donors (Lipinski definition) is 2. The summed E-state index contributed by atoms with van der Waals surface area (Å²) in [5.74, 6) is -0.393. The highest BCUT2D eigenvalue weighted by atomic mass is 35.5. The first-order valence-corrected chi connectivity index (χ1v) is 10.8. The van der Waals surface area contributed by atoms with E-state index in [2.05, 4.69) is 10.6 Å². The first-order chi connectivity index (χ1) is 13.9. The second-order valence-corrected chi connectivity index (χ2v) is 8.54. The van der Waals surface area contributed by atoms with Gasteiger partial charge in [-0.25, -0.2) is 4.79 Å². The quantitative estimate of drug-likeness (QED) is 0.270. The minimum Gasteiger partial charge on any atom is -0.465 e. The average molecular weight is 454 g/mol. The fourth-order valence-electron chi connectivity index (χ4n) is 3.32. The van der Waals surface area contributed by atoms with Gasteiger partial charge in [0.05, 0.1) is 17.6 Å². The maximum absolute atomic E-state index is 12.5. The number of ether oxygens (including phenoxy) is 1. The molecule has 1 aliphatic rings. The summed E-state index contributed by atoms with van der Waals surface area (Å²) in [6.07, 6.45) is 6.21. The van der Waals surface area contributed by atoms with Crippen LogP contribution < -0.4 is 10.6 Å². The number of thiophene rings is 1. The lowest BCUT2D eigenvalue weighted by atomic mass is 9.96. The second-order valence-electron chi connectivity index (χ2n) is 6.62. The Kier molecular flexibility index (Phi) is 7.05. The van der Waals surface area contributed by atoms with Gasteiger partial charge in [-0.1, -0.05) is 24.4 Å². The molecule has 1 heterocycles. The van der Waals surface area contributed by atoms with Crippen LogP contribution in [0.5, 0.6) is 0 Å². The molecule has 0 saturated carbocycles. The molecule has 2 N–H and O–H groups in total. The highest BCUT2D eigenvalue weighted by Crippen LogP contribution is 2.37. The molecule has 0 spiro atoms. The van der Waals surface area contributed by atoms with Crippen LogP contribution in [0.2, 0.25) is 5.02 Å². The summed E-state index contributed by atoms with van der Waals surface area (Å²) in [5.41, 5.74) is 1.77. The van der Waals surface area contributed by atoms with Crippen LogP contribution in [0.4, 0.5) is 16.4 Å². The number of rotatable bonds is 4. The number of nitro groups is 1. The molecule has 0 fully saturated rings. The summed E-state index contributed by atoms with van der Waals surface area (Å²) in [6, 6.07) is 4.34. The number of hydrogen-bond acceptors (Lipinski definition) is 6. The smallest absolute Gasteiger partial charge is 0.341 e. The van der Waals surface area contributed by atoms with E-state index >= 15 is 0 Å². The maximum Gasteiger partial charge on any atom is 0.341 e. The molecular weight excluding hydrogens is 434 g/mol. The third kappa shape index (κ3) is 5.04. The van der Waals surface area contributed by atoms with Gasteiger partial charge in [-0.05, 0) is 55.6 Å². The molecule has 0 aliphatic heterocycles. The molecule has 1 aliphatic carbocycles. The van der Waals surface area contributed by atoms with Crippen molar-refractivity contribution in [2.75, 3.05) is 17.7 Å². The Balaban J connectivity index is 1.84. The Morgan fingerprint density at radius 2 is 1.97 bits per heavy atom. The van der Waals surface area contributed by atoms with Crippen molar-refractivity contribution in [2.24, 2.45) is 0 Å². The van der Waals surface area contributed by atoms with Gasteiger partial charge in [0.15, 0.2) is 5.11 Å². The topological polar surface area (TPSA) is 93.5 Å². The van der Waals surface area contributed by atoms with Gasteiger partial charge in [0.25, 0.3) is 5.69 Å². The minimum atomic E-state index is -0.557. The monoisotopic (exact) mass is 453 g/mol. The van der Waals surface area contributed by atoms with Gasteiger partial charge in [0.1, 0.15) is 10.0 Å². The predicted octanol–water partition coefficient (Wildman–Crippen LogP) is 5.56. The molecule has 10 heteroatoms. The minimum absolute atomic E-state index is 0.0467. The standard InChI is InChI=1S/C19H20ClN3O4S2/c1-27-18(24)16-12-6-4-2-3-5-7-15(12)29-17(16)22-19(28)21-11-8-9-13(20)14(10-11)23(25)26/h8-10H,2-7H2,1H3,(H2,21,22,28). The van der Waals surface area contributed by atoms with Crippen molar-refractivity contribution in [3.63, 3.8) is 0 Å². The summed E-state index contributed by atoms with van der Waals surface area (Å²) in [5, 5.41) is 18.0. The first-order valence-electron chi connectivity index (χ1n) is 9.15. The molecule has 0 amide bonds. The van der Waals surface area contributed by atoms with Crippen LogP contribution in [0, 0.1) is 10.1 Å². The lowest BCUT2D eigenvalue weighted by Gasteiger charge is -2.12. The third-order valence-corrected chi connectivity index (χ3v) is 6.42. The first kappa shape index (κ1) is 21.5. The molecular formula is C19H20ClN3O4S2. The fourth-order valence-corrected chi connectivity index (χ4v) is 5.07. The Morgan fingerprint density at radius 1 is 1.24 bits per heavy atom. The van der Waals surface area contributed by atoms with Crippen LogP contribution in [-0.2, 0) is 17.6 Å². The number of nitrogens with one attached hydrogen (secondary N) is 2. The molecule has 154 valence electrons. The highest BCUT2D eigenvalue weighted by Gasteiger charge is 2.25. The molecule has 3 rings (SSSR count). The van der Waals surface area contributed by atoms with Crippen LogP contribution in [0.25, 0.3) is 0 Å². The zero-order valence-corrected chi connectivity index (χ0v) is 18.1. The molecule has 0 unspecified atom stereocenters. The number of methoxy groups -OCH3 is 1. The van der Waals surface area contributed by atoms with Gasteiger partial charge in [0.2, 0.25) is 0 Å². The van der Waals surface area contributed by atoms with Crippen molar-refractivity contribution < 1.29 is 14.5 Å². The van der Waals surface area contributed by atoms with E-state index in [-0.39, 0.29) is 15.8 Å². The number of nitro benzene ring substituents is 1. The van der Waals surface area contributed by atoms with Gasteiger partial charge in [-0.15, -0.1) is 11.3 Å². The number of carbonyl (C=O) groups is 1. The van der Waals surface area contributed by atoms with E-state index in [9.17, 15) is 14.9 Å². The second kappa shape index (κ2) is 9.51. The summed E-state index contributed by atoms with van der Waals surface area (Å²) < 4.78 is 5.00. The van der Waals surface area contributed by atoms with Crippen LogP contribution in [0.15, 0.2) is 18.2 Å². The number of fused-ring (bicyclic) bond motifs is 1. The molecule has 0 saturated heterocycles. The molecule has 7 nitrogen and oxygen atoms in total. The largest absolute Gasteiger partial charge is 0.465 e. The zero-order chi connectivity index (χ0) is 21.0. The van der Waals surface area contributed by atoms with E-state index in [1.807, 2.05) is 0 Å². The van der Waals surface area contributed by atoms with E-state index in [1.54, 1.807) is 6.07 Å². The Hall–Kier alpha value is -2.23. The normalized spacial score (nSPS) is 13.6. The number of esters is 1. The van der Waals surface area contributed by atoms with Crippen LogP contribution >= 0.6 is 35.2 Å². The number of thiocarbonyl (C=S) groups is 1. The summed E-state index contributed by atoms with van der Waals surface area (Å²) in [7, 11) is 1.36. The highest BCUT2D eigenvalue weighted by molar-refractivity contribution is 7.80. The third-order valence-electron chi connectivity index (χ3n) is 4.69. The number of aryl methyl sites for hydroxylation is 1. The van der Waals surface area contributed by atoms with Crippen molar-refractivity contribution in [1.82, 2.24) is 0 Å². The Labute approximate surface area is 182 Å². The van der Waals surface area contributed by atoms with Gasteiger partial charge < -0.3 is 15.4 Å². The average Bonchev–Trinajstić information content (AvgIpc) is 2.98. The van der Waals surface area contributed by atoms with E-state index in [1.165, 1.54) is 41.9 Å². The van der Waals surface area contributed by atoms with Crippen molar-refractivity contribution >= 4 is 62.6 Å². The van der Waals surface area contributed by atoms with Crippen molar-refractivity contribution in [2.45, 2.75) is 38.5 Å². The Morgan fingerprint density at radius 3 is 2.66 bits per heavy atom. The SMILES string of the molecule is COC(=O)c1c(NC(=S)Nc2ccc(Cl)c([N+](=O)[O-])c2)sc2c1CCCCCC2. The fraction of sp³-hybridized carbons (Fsp3) is 0.368. The van der Waals surface area contributed by atoms with Crippen LogP contribution in [0.1, 0.15) is 46.5 Å². The number of nitrogens with zero attached hydrogens (tertiary/aromatic N) is 1. The lowest BCUT2D eigenvalue weighted by Crippen LogP contribution is -2.20. The molecule has 1 aromatic carbocycles. The Bertz CT molecular complexity index is 961. The number of halogens is 1. The van der Waals surface area contributed by atoms with Crippen molar-refractivity contribution in [1.29, 1.82) is 0 Å². The molecule has 0 atom stereocenters. The zero-order valence-electron chi connectivity index (χ0n) is 15.7. The predicted molar refractivity (Wildman–Crippen MR) is 119 cm³/mol. The molecule has 0 radical (unpaired) electrons. The lowest BCUT2D eigenvalue weighted by molar-refractivity contribution is -0.384. The van der Waals surface area contributed by atoms with Gasteiger partial charge >= 0.3 is 5.97 Å². The van der Waals surface area contributed by atoms with E-state index in [4.69, 9.17) is 28.6 Å². The number of anilines is 2. The van der Waals surface area contributed by atoms with E-state index < -0.39 is 10.9 Å². The molecule has 1 aromatic heterocycles. The maximum atomic E-state index is 12.5. The molecule has 0 bridgehead atoms. The van der Waals surface area contributed by atoms with Crippen molar-refractivity contribution in [3.05, 3.63) is 49.3 Å². The van der Waals surface area contributed by atoms with E-state index in [0.29, 0.717) is 16.3 Å². The summed E-state index contributed by atoms with van der Waals surface area (Å²) in [6.45, 7) is 0. The summed E-state index contributed by atoms with van der Waals surface area (Å²) >= 11 is 12.7. The van der Waals surface area contributed by atoms with Gasteiger partial charge in [0, 0.05) is 16.6 Å². The molecule has 2 aromatic rings. The van der Waals surface area contributed by atoms with Crippen LogP contribution in [-0.4, -0.2) is 23.1 Å². The summed E-state index contributed by atoms with van der Waals surface area (Å²) in [4.78, 5) is 24.1. The molecule has 29 heavy (non-hydrogen) atoms. The van der Waals surface area contributed by atoms with Crippen LogP contribution in [0.3, 0.4) is 0 Å². The van der Waals surface area contributed by atoms with E-state index in [0.717, 1.165) is 37.7 Å². The van der Waals surface area contributed by atoms with Crippen molar-refractivity contribution in [3.8, 4) is 0 Å². The number of carbonyl (C=O) groups excluding carboxylic acids is 1. The number of benzene rings is 1.